The predicted octanol–water partition coefficient (Wildman–Crippen LogP) is 4.69. The van der Waals surface area contributed by atoms with E-state index in [0.29, 0.717) is 11.3 Å². The maximum atomic E-state index is 13.1. The molecular formula is C20H20BrNO3. The summed E-state index contributed by atoms with van der Waals surface area (Å²) in [6.45, 7) is 0. The van der Waals surface area contributed by atoms with Gasteiger partial charge in [0, 0.05) is 10.2 Å². The molecule has 4 nitrogen and oxygen atoms in total. The highest BCUT2D eigenvalue weighted by atomic mass is 79.9. The Labute approximate surface area is 155 Å². The monoisotopic (exact) mass is 401 g/mol. The van der Waals surface area contributed by atoms with E-state index in [1.54, 1.807) is 24.3 Å². The number of hydrogen-bond acceptors (Lipinski definition) is 3. The number of carbonyl (C=O) groups is 2. The Morgan fingerprint density at radius 2 is 1.76 bits per heavy atom. The summed E-state index contributed by atoms with van der Waals surface area (Å²) >= 11 is 3.45. The van der Waals surface area contributed by atoms with Crippen LogP contribution in [0.4, 0.5) is 5.69 Å². The van der Waals surface area contributed by atoms with E-state index in [1.807, 2.05) is 24.3 Å². The molecule has 0 unspecified atom stereocenters. The third-order valence-electron chi connectivity index (χ3n) is 4.83. The van der Waals surface area contributed by atoms with E-state index in [2.05, 4.69) is 21.2 Å². The Kier molecular flexibility index (Phi) is 5.23. The maximum Gasteiger partial charge on any atom is 0.337 e. The van der Waals surface area contributed by atoms with Gasteiger partial charge in [-0.25, -0.2) is 4.79 Å². The number of anilines is 1. The van der Waals surface area contributed by atoms with Crippen LogP contribution in [0.25, 0.3) is 0 Å². The molecule has 0 bridgehead atoms. The largest absolute Gasteiger partial charge is 0.465 e. The zero-order chi connectivity index (χ0) is 17.9. The molecule has 0 saturated heterocycles. The molecule has 0 aliphatic heterocycles. The minimum Gasteiger partial charge on any atom is -0.465 e. The highest BCUT2D eigenvalue weighted by molar-refractivity contribution is 9.10. The minimum absolute atomic E-state index is 0.0191. The molecule has 0 spiro atoms. The lowest BCUT2D eigenvalue weighted by molar-refractivity contribution is -0.121. The average Bonchev–Trinajstić information content (AvgIpc) is 3.13. The second-order valence-corrected chi connectivity index (χ2v) is 7.24. The lowest BCUT2D eigenvalue weighted by atomic mass is 9.78. The zero-order valence-electron chi connectivity index (χ0n) is 14.0. The molecule has 25 heavy (non-hydrogen) atoms. The molecule has 0 heterocycles. The maximum absolute atomic E-state index is 13.1. The van der Waals surface area contributed by atoms with Gasteiger partial charge in [-0.15, -0.1) is 0 Å². The minimum atomic E-state index is -0.512. The van der Waals surface area contributed by atoms with Crippen LogP contribution in [-0.4, -0.2) is 19.0 Å². The van der Waals surface area contributed by atoms with Gasteiger partial charge in [0.25, 0.3) is 0 Å². The smallest absolute Gasteiger partial charge is 0.337 e. The van der Waals surface area contributed by atoms with Crippen LogP contribution in [0, 0.1) is 0 Å². The van der Waals surface area contributed by atoms with Gasteiger partial charge in [0.2, 0.25) is 5.91 Å². The van der Waals surface area contributed by atoms with Crippen LogP contribution >= 0.6 is 15.9 Å². The Balaban J connectivity index is 1.87. The third-order valence-corrected chi connectivity index (χ3v) is 5.36. The van der Waals surface area contributed by atoms with Crippen molar-refractivity contribution in [2.24, 2.45) is 0 Å². The first kappa shape index (κ1) is 17.7. The summed E-state index contributed by atoms with van der Waals surface area (Å²) in [6, 6.07) is 14.8. The molecule has 0 aromatic heterocycles. The number of rotatable bonds is 4. The Hall–Kier alpha value is -2.14. The van der Waals surface area contributed by atoms with E-state index in [9.17, 15) is 9.59 Å². The van der Waals surface area contributed by atoms with Crippen molar-refractivity contribution in [2.45, 2.75) is 31.1 Å². The summed E-state index contributed by atoms with van der Waals surface area (Å²) in [7, 11) is 1.34. The van der Waals surface area contributed by atoms with Gasteiger partial charge >= 0.3 is 5.97 Å². The van der Waals surface area contributed by atoms with Crippen LogP contribution in [0.1, 0.15) is 41.6 Å². The number of nitrogens with one attached hydrogen (secondary N) is 1. The van der Waals surface area contributed by atoms with Gasteiger partial charge < -0.3 is 10.1 Å². The first-order valence-corrected chi connectivity index (χ1v) is 9.10. The van der Waals surface area contributed by atoms with Gasteiger partial charge in [-0.2, -0.15) is 0 Å². The fourth-order valence-corrected chi connectivity index (χ4v) is 3.75. The SMILES string of the molecule is COC(=O)c1cccc(NC(=O)C2(c3ccc(Br)cc3)CCCC2)c1. The molecule has 2 aromatic carbocycles. The molecule has 0 radical (unpaired) electrons. The van der Waals surface area contributed by atoms with E-state index in [1.165, 1.54) is 7.11 Å². The van der Waals surface area contributed by atoms with Crippen molar-refractivity contribution in [3.8, 4) is 0 Å². The first-order chi connectivity index (χ1) is 12.0. The van der Waals surface area contributed by atoms with Crippen LogP contribution in [0.3, 0.4) is 0 Å². The van der Waals surface area contributed by atoms with E-state index in [4.69, 9.17) is 4.74 Å². The quantitative estimate of drug-likeness (QED) is 0.756. The molecule has 1 aliphatic carbocycles. The summed E-state index contributed by atoms with van der Waals surface area (Å²) < 4.78 is 5.74. The number of ether oxygens (including phenoxy) is 1. The topological polar surface area (TPSA) is 55.4 Å². The van der Waals surface area contributed by atoms with Crippen molar-refractivity contribution in [3.63, 3.8) is 0 Å². The summed E-state index contributed by atoms with van der Waals surface area (Å²) in [6.07, 6.45) is 3.73. The van der Waals surface area contributed by atoms with Gasteiger partial charge in [0.05, 0.1) is 18.1 Å². The third kappa shape index (κ3) is 3.61. The van der Waals surface area contributed by atoms with E-state index in [-0.39, 0.29) is 5.91 Å². The van der Waals surface area contributed by atoms with E-state index in [0.717, 1.165) is 35.7 Å². The van der Waals surface area contributed by atoms with Crippen molar-refractivity contribution < 1.29 is 14.3 Å². The van der Waals surface area contributed by atoms with Crippen LogP contribution in [-0.2, 0) is 14.9 Å². The molecule has 5 heteroatoms. The van der Waals surface area contributed by atoms with Gasteiger partial charge in [-0.1, -0.05) is 47.0 Å². The molecule has 3 rings (SSSR count). The average molecular weight is 402 g/mol. The molecule has 130 valence electrons. The Morgan fingerprint density at radius 1 is 1.08 bits per heavy atom. The van der Waals surface area contributed by atoms with Gasteiger partial charge in [-0.05, 0) is 48.7 Å². The molecule has 1 saturated carbocycles. The van der Waals surface area contributed by atoms with Crippen LogP contribution in [0.15, 0.2) is 53.0 Å². The predicted molar refractivity (Wildman–Crippen MR) is 101 cm³/mol. The number of amides is 1. The van der Waals surface area contributed by atoms with Crippen molar-refractivity contribution >= 4 is 33.5 Å². The van der Waals surface area contributed by atoms with Crippen LogP contribution in [0.2, 0.25) is 0 Å². The van der Waals surface area contributed by atoms with Crippen molar-refractivity contribution in [3.05, 3.63) is 64.1 Å². The Morgan fingerprint density at radius 3 is 2.40 bits per heavy atom. The Bertz CT molecular complexity index is 780. The molecule has 1 N–H and O–H groups in total. The molecular weight excluding hydrogens is 382 g/mol. The number of esters is 1. The normalized spacial score (nSPS) is 15.6. The summed E-state index contributed by atoms with van der Waals surface area (Å²) in [5.74, 6) is -0.436. The van der Waals surface area contributed by atoms with Crippen LogP contribution in [0.5, 0.6) is 0 Å². The molecule has 1 fully saturated rings. The van der Waals surface area contributed by atoms with Crippen molar-refractivity contribution in [2.75, 3.05) is 12.4 Å². The fraction of sp³-hybridized carbons (Fsp3) is 0.300. The lowest BCUT2D eigenvalue weighted by Crippen LogP contribution is -2.38. The van der Waals surface area contributed by atoms with Crippen molar-refractivity contribution in [1.29, 1.82) is 0 Å². The van der Waals surface area contributed by atoms with Gasteiger partial charge in [-0.3, -0.25) is 4.79 Å². The zero-order valence-corrected chi connectivity index (χ0v) is 15.6. The van der Waals surface area contributed by atoms with Gasteiger partial charge in [0.1, 0.15) is 0 Å². The number of halogens is 1. The summed E-state index contributed by atoms with van der Waals surface area (Å²) in [5.41, 5.74) is 1.55. The van der Waals surface area contributed by atoms with E-state index < -0.39 is 11.4 Å². The van der Waals surface area contributed by atoms with Crippen molar-refractivity contribution in [1.82, 2.24) is 0 Å². The summed E-state index contributed by atoms with van der Waals surface area (Å²) in [5, 5.41) is 3.00. The molecule has 0 atom stereocenters. The highest BCUT2D eigenvalue weighted by Crippen LogP contribution is 2.42. The number of hydrogen-bond donors (Lipinski definition) is 1. The lowest BCUT2D eigenvalue weighted by Gasteiger charge is -2.28. The second kappa shape index (κ2) is 7.40. The number of methoxy groups -OCH3 is 1. The molecule has 2 aromatic rings. The van der Waals surface area contributed by atoms with E-state index >= 15 is 0 Å². The highest BCUT2D eigenvalue weighted by Gasteiger charge is 2.42. The second-order valence-electron chi connectivity index (χ2n) is 6.32. The molecule has 1 amide bonds. The fourth-order valence-electron chi connectivity index (χ4n) is 3.49. The van der Waals surface area contributed by atoms with Crippen LogP contribution < -0.4 is 5.32 Å². The number of benzene rings is 2. The molecule has 1 aliphatic rings. The van der Waals surface area contributed by atoms with Gasteiger partial charge in [0.15, 0.2) is 0 Å². The standard InChI is InChI=1S/C20H20BrNO3/c1-25-18(23)14-5-4-6-17(13-14)22-19(24)20(11-2-3-12-20)15-7-9-16(21)10-8-15/h4-10,13H,2-3,11-12H2,1H3,(H,22,24). The first-order valence-electron chi connectivity index (χ1n) is 8.31. The number of carbonyl (C=O) groups excluding carboxylic acids is 2. The summed E-state index contributed by atoms with van der Waals surface area (Å²) in [4.78, 5) is 24.8.